The molecule has 94 valence electrons. The number of thiophene rings is 1. The summed E-state index contributed by atoms with van der Waals surface area (Å²) < 4.78 is 0. The van der Waals surface area contributed by atoms with Gasteiger partial charge >= 0.3 is 0 Å². The van der Waals surface area contributed by atoms with Gasteiger partial charge < -0.3 is 10.2 Å². The Hall–Kier alpha value is -1.69. The summed E-state index contributed by atoms with van der Waals surface area (Å²) in [6.45, 7) is 3.56. The minimum absolute atomic E-state index is 0.0961. The molecule has 2 aromatic rings. The number of carbonyl (C=O) groups excluding carboxylic acids is 1. The Kier molecular flexibility index (Phi) is 2.87. The average molecular weight is 262 g/mol. The molecule has 0 aromatic carbocycles. The van der Waals surface area contributed by atoms with Crippen molar-refractivity contribution in [2.75, 3.05) is 18.0 Å². The molecule has 3 rings (SSSR count). The van der Waals surface area contributed by atoms with Crippen LogP contribution in [0.1, 0.15) is 13.3 Å². The van der Waals surface area contributed by atoms with Gasteiger partial charge in [-0.3, -0.25) is 4.79 Å². The van der Waals surface area contributed by atoms with E-state index >= 15 is 0 Å². The van der Waals surface area contributed by atoms with Crippen LogP contribution in [0.3, 0.4) is 0 Å². The number of fused-ring (bicyclic) bond motifs is 1. The molecule has 2 aromatic heterocycles. The van der Waals surface area contributed by atoms with Crippen LogP contribution in [0.25, 0.3) is 10.2 Å². The van der Waals surface area contributed by atoms with Crippen LogP contribution < -0.4 is 10.2 Å². The predicted molar refractivity (Wildman–Crippen MR) is 71.8 cm³/mol. The molecule has 1 unspecified atom stereocenters. The van der Waals surface area contributed by atoms with Gasteiger partial charge in [0.1, 0.15) is 23.0 Å². The number of anilines is 1. The highest BCUT2D eigenvalue weighted by Gasteiger charge is 2.31. The fourth-order valence-corrected chi connectivity index (χ4v) is 3.13. The topological polar surface area (TPSA) is 58.1 Å². The maximum atomic E-state index is 11.8. The van der Waals surface area contributed by atoms with E-state index in [0.717, 1.165) is 35.5 Å². The summed E-state index contributed by atoms with van der Waals surface area (Å²) >= 11 is 1.59. The van der Waals surface area contributed by atoms with E-state index in [-0.39, 0.29) is 11.9 Å². The van der Waals surface area contributed by atoms with Crippen LogP contribution >= 0.6 is 11.3 Å². The van der Waals surface area contributed by atoms with Gasteiger partial charge in [-0.2, -0.15) is 0 Å². The van der Waals surface area contributed by atoms with Crippen LogP contribution in [0, 0.1) is 0 Å². The van der Waals surface area contributed by atoms with Gasteiger partial charge in [0.2, 0.25) is 5.91 Å². The van der Waals surface area contributed by atoms with Crippen molar-refractivity contribution in [1.82, 2.24) is 15.3 Å². The summed E-state index contributed by atoms with van der Waals surface area (Å²) in [5.41, 5.74) is 0. The van der Waals surface area contributed by atoms with E-state index in [1.807, 2.05) is 18.4 Å². The van der Waals surface area contributed by atoms with Gasteiger partial charge in [0.25, 0.3) is 0 Å². The molecule has 1 aliphatic rings. The van der Waals surface area contributed by atoms with Crippen molar-refractivity contribution in [1.29, 1.82) is 0 Å². The summed E-state index contributed by atoms with van der Waals surface area (Å²) in [5, 5.41) is 5.91. The number of hydrogen-bond acceptors (Lipinski definition) is 5. The lowest BCUT2D eigenvalue weighted by molar-refractivity contribution is -0.120. The molecule has 0 bridgehead atoms. The third-order valence-corrected chi connectivity index (χ3v) is 4.07. The predicted octanol–water partition coefficient (Wildman–Crippen LogP) is 1.41. The van der Waals surface area contributed by atoms with Crippen molar-refractivity contribution in [3.8, 4) is 0 Å². The van der Waals surface area contributed by atoms with Crippen LogP contribution in [-0.2, 0) is 4.79 Å². The van der Waals surface area contributed by atoms with Gasteiger partial charge in [0.15, 0.2) is 0 Å². The second kappa shape index (κ2) is 4.53. The van der Waals surface area contributed by atoms with Gasteiger partial charge in [0, 0.05) is 13.1 Å². The number of hydrogen-bond donors (Lipinski definition) is 1. The van der Waals surface area contributed by atoms with E-state index in [0.29, 0.717) is 0 Å². The first-order valence-corrected chi connectivity index (χ1v) is 6.91. The lowest BCUT2D eigenvalue weighted by Crippen LogP contribution is -2.41. The van der Waals surface area contributed by atoms with E-state index in [9.17, 15) is 4.79 Å². The first-order chi connectivity index (χ1) is 8.81. The van der Waals surface area contributed by atoms with Crippen molar-refractivity contribution in [2.24, 2.45) is 0 Å². The smallest absolute Gasteiger partial charge is 0.242 e. The van der Waals surface area contributed by atoms with Crippen LogP contribution in [0.4, 0.5) is 5.82 Å². The number of nitrogens with one attached hydrogen (secondary N) is 1. The minimum Gasteiger partial charge on any atom is -0.354 e. The summed E-state index contributed by atoms with van der Waals surface area (Å²) in [6.07, 6.45) is 2.41. The van der Waals surface area contributed by atoms with E-state index in [4.69, 9.17) is 0 Å². The average Bonchev–Trinajstić information content (AvgIpc) is 3.00. The molecule has 0 spiro atoms. The number of aromatic nitrogens is 2. The summed E-state index contributed by atoms with van der Waals surface area (Å²) in [4.78, 5) is 23.5. The second-order valence-electron chi connectivity index (χ2n) is 4.22. The third kappa shape index (κ3) is 1.73. The molecule has 1 amide bonds. The fraction of sp³-hybridized carbons (Fsp3) is 0.417. The number of amides is 1. The van der Waals surface area contributed by atoms with Gasteiger partial charge in [0.05, 0.1) is 5.39 Å². The molecule has 1 aliphatic heterocycles. The first-order valence-electron chi connectivity index (χ1n) is 6.04. The monoisotopic (exact) mass is 262 g/mol. The van der Waals surface area contributed by atoms with Gasteiger partial charge in [-0.25, -0.2) is 9.97 Å². The molecule has 6 heteroatoms. The van der Waals surface area contributed by atoms with Gasteiger partial charge in [-0.1, -0.05) is 0 Å². The molecule has 0 radical (unpaired) electrons. The highest BCUT2D eigenvalue weighted by molar-refractivity contribution is 7.16. The number of likely N-dealkylation sites (N-methyl/N-ethyl adjacent to an activating group) is 1. The zero-order chi connectivity index (χ0) is 12.5. The molecule has 18 heavy (non-hydrogen) atoms. The SMILES string of the molecule is CCN(c1ncnc2sccc12)C1CCNC1=O. The van der Waals surface area contributed by atoms with E-state index in [1.54, 1.807) is 17.7 Å². The van der Waals surface area contributed by atoms with Gasteiger partial charge in [-0.15, -0.1) is 11.3 Å². The van der Waals surface area contributed by atoms with Crippen molar-refractivity contribution < 1.29 is 4.79 Å². The van der Waals surface area contributed by atoms with Crippen LogP contribution in [-0.4, -0.2) is 35.0 Å². The van der Waals surface area contributed by atoms with Crippen molar-refractivity contribution >= 4 is 33.3 Å². The molecule has 1 fully saturated rings. The molecular formula is C12H14N4OS. The van der Waals surface area contributed by atoms with Crippen LogP contribution in [0.5, 0.6) is 0 Å². The molecular weight excluding hydrogens is 248 g/mol. The Morgan fingerprint density at radius 1 is 1.56 bits per heavy atom. The summed E-state index contributed by atoms with van der Waals surface area (Å²) in [6, 6.07) is 1.91. The number of carbonyl (C=O) groups is 1. The Balaban J connectivity index is 2.05. The zero-order valence-corrected chi connectivity index (χ0v) is 10.9. The van der Waals surface area contributed by atoms with Gasteiger partial charge in [-0.05, 0) is 24.8 Å². The summed E-state index contributed by atoms with van der Waals surface area (Å²) in [7, 11) is 0. The van der Waals surface area contributed by atoms with Crippen molar-refractivity contribution in [3.63, 3.8) is 0 Å². The normalized spacial score (nSPS) is 19.2. The Morgan fingerprint density at radius 3 is 3.17 bits per heavy atom. The number of nitrogens with zero attached hydrogens (tertiary/aromatic N) is 3. The molecule has 1 N–H and O–H groups in total. The fourth-order valence-electron chi connectivity index (χ4n) is 2.40. The maximum Gasteiger partial charge on any atom is 0.242 e. The molecule has 1 saturated heterocycles. The third-order valence-electron chi connectivity index (χ3n) is 3.25. The largest absolute Gasteiger partial charge is 0.354 e. The Bertz CT molecular complexity index is 582. The molecule has 5 nitrogen and oxygen atoms in total. The van der Waals surface area contributed by atoms with E-state index in [1.165, 1.54) is 0 Å². The molecule has 0 saturated carbocycles. The second-order valence-corrected chi connectivity index (χ2v) is 5.11. The quantitative estimate of drug-likeness (QED) is 0.908. The number of rotatable bonds is 3. The highest BCUT2D eigenvalue weighted by Crippen LogP contribution is 2.28. The maximum absolute atomic E-state index is 11.8. The van der Waals surface area contributed by atoms with Crippen molar-refractivity contribution in [2.45, 2.75) is 19.4 Å². The summed E-state index contributed by atoms with van der Waals surface area (Å²) in [5.74, 6) is 0.963. The van der Waals surface area contributed by atoms with Crippen molar-refractivity contribution in [3.05, 3.63) is 17.8 Å². The molecule has 3 heterocycles. The highest BCUT2D eigenvalue weighted by atomic mass is 32.1. The first kappa shape index (κ1) is 11.4. The Labute approximate surface area is 109 Å². The minimum atomic E-state index is -0.104. The lowest BCUT2D eigenvalue weighted by atomic mass is 10.2. The van der Waals surface area contributed by atoms with Crippen LogP contribution in [0.15, 0.2) is 17.8 Å². The van der Waals surface area contributed by atoms with E-state index in [2.05, 4.69) is 20.2 Å². The molecule has 1 atom stereocenters. The molecule has 0 aliphatic carbocycles. The zero-order valence-electron chi connectivity index (χ0n) is 10.1. The lowest BCUT2D eigenvalue weighted by Gasteiger charge is -2.27. The Morgan fingerprint density at radius 2 is 2.44 bits per heavy atom. The van der Waals surface area contributed by atoms with Crippen LogP contribution in [0.2, 0.25) is 0 Å². The van der Waals surface area contributed by atoms with E-state index < -0.39 is 0 Å². The standard InChI is InChI=1S/C12H14N4OS/c1-2-16(9-3-5-13-11(9)17)10-8-4-6-18-12(8)15-7-14-10/h4,6-7,9H,2-3,5H2,1H3,(H,13,17).